The fourth-order valence-electron chi connectivity index (χ4n) is 2.27. The Kier molecular flexibility index (Phi) is 3.29. The van der Waals surface area contributed by atoms with Crippen molar-refractivity contribution in [1.82, 2.24) is 15.8 Å². The van der Waals surface area contributed by atoms with Gasteiger partial charge in [0.1, 0.15) is 0 Å². The number of carbonyl (C=O) groups is 1. The number of hydrogen-bond donors (Lipinski definition) is 2. The average molecular weight is 257 g/mol. The number of aromatic nitrogens is 1. The van der Waals surface area contributed by atoms with Crippen molar-refractivity contribution in [3.63, 3.8) is 0 Å². The zero-order valence-corrected chi connectivity index (χ0v) is 10.4. The van der Waals surface area contributed by atoms with Gasteiger partial charge in [-0.25, -0.2) is 0 Å². The molecule has 1 atom stereocenters. The molecule has 1 unspecified atom stereocenters. The maximum atomic E-state index is 12.1. The van der Waals surface area contributed by atoms with Crippen molar-refractivity contribution in [3.05, 3.63) is 53.4 Å². The Morgan fingerprint density at radius 2 is 2.21 bits per heavy atom. The molecule has 0 radical (unpaired) electrons. The average Bonchev–Trinajstić information content (AvgIpc) is 2.97. The molecular weight excluding hydrogens is 242 g/mol. The van der Waals surface area contributed by atoms with Gasteiger partial charge in [0.15, 0.2) is 5.76 Å². The molecule has 5 nitrogen and oxygen atoms in total. The van der Waals surface area contributed by atoms with E-state index in [0.717, 1.165) is 13.0 Å². The molecule has 0 spiro atoms. The van der Waals surface area contributed by atoms with Crippen LogP contribution in [0.3, 0.4) is 0 Å². The molecule has 5 heteroatoms. The monoisotopic (exact) mass is 257 g/mol. The van der Waals surface area contributed by atoms with Crippen molar-refractivity contribution in [2.24, 2.45) is 0 Å². The van der Waals surface area contributed by atoms with Crippen LogP contribution in [0.5, 0.6) is 0 Å². The standard InChI is InChI=1S/C14H15N3O2/c18-14(16-9-12-5-6-17-19-12)13-7-10-3-1-2-4-11(10)8-15-13/h1-6,13,15H,7-9H2,(H,16,18). The Balaban J connectivity index is 1.60. The summed E-state index contributed by atoms with van der Waals surface area (Å²) in [6.07, 6.45) is 2.29. The van der Waals surface area contributed by atoms with Crippen LogP contribution in [0.15, 0.2) is 41.1 Å². The van der Waals surface area contributed by atoms with E-state index in [2.05, 4.69) is 27.9 Å². The summed E-state index contributed by atoms with van der Waals surface area (Å²) in [5.41, 5.74) is 2.50. The number of benzene rings is 1. The van der Waals surface area contributed by atoms with Crippen LogP contribution in [0.4, 0.5) is 0 Å². The predicted octanol–water partition coefficient (Wildman–Crippen LogP) is 1.01. The molecule has 3 rings (SSSR count). The smallest absolute Gasteiger partial charge is 0.237 e. The van der Waals surface area contributed by atoms with E-state index in [1.54, 1.807) is 12.3 Å². The zero-order valence-electron chi connectivity index (χ0n) is 10.4. The van der Waals surface area contributed by atoms with Gasteiger partial charge < -0.3 is 15.2 Å². The van der Waals surface area contributed by atoms with Gasteiger partial charge >= 0.3 is 0 Å². The lowest BCUT2D eigenvalue weighted by Crippen LogP contribution is -2.47. The van der Waals surface area contributed by atoms with E-state index in [-0.39, 0.29) is 11.9 Å². The normalized spacial score (nSPS) is 17.8. The highest BCUT2D eigenvalue weighted by atomic mass is 16.5. The van der Waals surface area contributed by atoms with Crippen LogP contribution < -0.4 is 10.6 Å². The summed E-state index contributed by atoms with van der Waals surface area (Å²) in [6.45, 7) is 1.11. The van der Waals surface area contributed by atoms with Gasteiger partial charge in [0.2, 0.25) is 5.91 Å². The Hall–Kier alpha value is -2.14. The highest BCUT2D eigenvalue weighted by Gasteiger charge is 2.23. The van der Waals surface area contributed by atoms with Crippen LogP contribution in [-0.4, -0.2) is 17.1 Å². The summed E-state index contributed by atoms with van der Waals surface area (Å²) in [4.78, 5) is 12.1. The van der Waals surface area contributed by atoms with E-state index in [0.29, 0.717) is 12.3 Å². The van der Waals surface area contributed by atoms with Crippen LogP contribution in [0.2, 0.25) is 0 Å². The number of carbonyl (C=O) groups excluding carboxylic acids is 1. The van der Waals surface area contributed by atoms with Gasteiger partial charge in [-0.15, -0.1) is 0 Å². The van der Waals surface area contributed by atoms with Gasteiger partial charge in [0, 0.05) is 12.6 Å². The fraction of sp³-hybridized carbons (Fsp3) is 0.286. The van der Waals surface area contributed by atoms with Gasteiger partial charge in [-0.2, -0.15) is 0 Å². The first-order chi connectivity index (χ1) is 9.33. The second-order valence-corrected chi connectivity index (χ2v) is 4.60. The highest BCUT2D eigenvalue weighted by molar-refractivity contribution is 5.82. The molecule has 1 amide bonds. The van der Waals surface area contributed by atoms with E-state index in [1.165, 1.54) is 11.1 Å². The lowest BCUT2D eigenvalue weighted by Gasteiger charge is -2.25. The Morgan fingerprint density at radius 3 is 3.00 bits per heavy atom. The molecule has 1 aromatic carbocycles. The van der Waals surface area contributed by atoms with Crippen molar-refractivity contribution in [2.75, 3.05) is 0 Å². The molecule has 1 aliphatic heterocycles. The van der Waals surface area contributed by atoms with Gasteiger partial charge in [0.25, 0.3) is 0 Å². The van der Waals surface area contributed by atoms with Gasteiger partial charge in [0.05, 0.1) is 18.8 Å². The largest absolute Gasteiger partial charge is 0.360 e. The van der Waals surface area contributed by atoms with Crippen LogP contribution in [0.1, 0.15) is 16.9 Å². The third-order valence-electron chi connectivity index (χ3n) is 3.33. The molecule has 1 aliphatic rings. The minimum atomic E-state index is -0.183. The maximum Gasteiger partial charge on any atom is 0.237 e. The zero-order chi connectivity index (χ0) is 13.1. The molecule has 1 aromatic heterocycles. The third-order valence-corrected chi connectivity index (χ3v) is 3.33. The number of fused-ring (bicyclic) bond motifs is 1. The highest BCUT2D eigenvalue weighted by Crippen LogP contribution is 2.16. The predicted molar refractivity (Wildman–Crippen MR) is 69.1 cm³/mol. The molecule has 0 fully saturated rings. The molecule has 0 aliphatic carbocycles. The number of nitrogens with zero attached hydrogens (tertiary/aromatic N) is 1. The van der Waals surface area contributed by atoms with Crippen LogP contribution in [0, 0.1) is 0 Å². The van der Waals surface area contributed by atoms with Gasteiger partial charge in [-0.1, -0.05) is 29.4 Å². The molecule has 0 saturated heterocycles. The van der Waals surface area contributed by atoms with Crippen molar-refractivity contribution >= 4 is 5.91 Å². The molecule has 0 bridgehead atoms. The maximum absolute atomic E-state index is 12.1. The van der Waals surface area contributed by atoms with E-state index in [4.69, 9.17) is 4.52 Å². The second-order valence-electron chi connectivity index (χ2n) is 4.60. The lowest BCUT2D eigenvalue weighted by atomic mass is 9.95. The van der Waals surface area contributed by atoms with E-state index in [9.17, 15) is 4.79 Å². The first kappa shape index (κ1) is 11.9. The Morgan fingerprint density at radius 1 is 1.37 bits per heavy atom. The Bertz CT molecular complexity index is 566. The minimum absolute atomic E-state index is 0.00842. The van der Waals surface area contributed by atoms with Crippen molar-refractivity contribution < 1.29 is 9.32 Å². The number of hydrogen-bond acceptors (Lipinski definition) is 4. The molecular formula is C14H15N3O2. The SMILES string of the molecule is O=C(NCc1ccno1)C1Cc2ccccc2CN1. The van der Waals surface area contributed by atoms with E-state index >= 15 is 0 Å². The van der Waals surface area contributed by atoms with Crippen LogP contribution >= 0.6 is 0 Å². The summed E-state index contributed by atoms with van der Waals surface area (Å²) in [5.74, 6) is 0.649. The third kappa shape index (κ3) is 2.66. The summed E-state index contributed by atoms with van der Waals surface area (Å²) < 4.78 is 4.94. The van der Waals surface area contributed by atoms with Gasteiger partial charge in [-0.3, -0.25) is 4.79 Å². The number of nitrogens with one attached hydrogen (secondary N) is 2. The molecule has 98 valence electrons. The quantitative estimate of drug-likeness (QED) is 0.861. The van der Waals surface area contributed by atoms with Gasteiger partial charge in [-0.05, 0) is 17.5 Å². The fourth-order valence-corrected chi connectivity index (χ4v) is 2.27. The second kappa shape index (κ2) is 5.24. The van der Waals surface area contributed by atoms with E-state index in [1.807, 2.05) is 12.1 Å². The molecule has 2 heterocycles. The van der Waals surface area contributed by atoms with Crippen molar-refractivity contribution in [2.45, 2.75) is 25.6 Å². The van der Waals surface area contributed by atoms with Crippen LogP contribution in [0.25, 0.3) is 0 Å². The molecule has 2 aromatic rings. The van der Waals surface area contributed by atoms with Crippen LogP contribution in [-0.2, 0) is 24.3 Å². The Labute approximate surface area is 111 Å². The first-order valence-electron chi connectivity index (χ1n) is 6.30. The summed E-state index contributed by atoms with van der Waals surface area (Å²) in [7, 11) is 0. The topological polar surface area (TPSA) is 67.2 Å². The first-order valence-corrected chi connectivity index (χ1v) is 6.30. The summed E-state index contributed by atoms with van der Waals surface area (Å²) in [5, 5.41) is 9.70. The van der Waals surface area contributed by atoms with Crippen molar-refractivity contribution in [1.29, 1.82) is 0 Å². The summed E-state index contributed by atoms with van der Waals surface area (Å²) >= 11 is 0. The number of amides is 1. The minimum Gasteiger partial charge on any atom is -0.360 e. The number of rotatable bonds is 3. The van der Waals surface area contributed by atoms with Crippen molar-refractivity contribution in [3.8, 4) is 0 Å². The molecule has 0 saturated carbocycles. The van der Waals surface area contributed by atoms with E-state index < -0.39 is 0 Å². The summed E-state index contributed by atoms with van der Waals surface area (Å²) in [6, 6.07) is 9.75. The lowest BCUT2D eigenvalue weighted by molar-refractivity contribution is -0.123. The molecule has 19 heavy (non-hydrogen) atoms. The molecule has 2 N–H and O–H groups in total.